The number of nitrogens with one attached hydrogen (secondary N) is 2. The van der Waals surface area contributed by atoms with Crippen molar-refractivity contribution >= 4 is 17.9 Å². The average Bonchev–Trinajstić information content (AvgIpc) is 2.80. The highest BCUT2D eigenvalue weighted by atomic mass is 16.6. The highest BCUT2D eigenvalue weighted by Gasteiger charge is 2.36. The number of phenolic OH excluding ortho intramolecular Hbond substituents is 1. The number of amides is 3. The summed E-state index contributed by atoms with van der Waals surface area (Å²) in [4.78, 5) is 40.9. The van der Waals surface area contributed by atoms with Gasteiger partial charge in [0.05, 0.1) is 6.61 Å². The third-order valence-electron chi connectivity index (χ3n) is 5.93. The number of alkyl carbamates (subject to hydrolysis) is 1. The normalized spacial score (nSPS) is 16.1. The molecule has 2 atom stereocenters. The molecule has 1 saturated carbocycles. The lowest BCUT2D eigenvalue weighted by atomic mass is 9.94. The van der Waals surface area contributed by atoms with Crippen LogP contribution in [-0.4, -0.2) is 63.9 Å². The minimum atomic E-state index is -1.27. The van der Waals surface area contributed by atoms with E-state index in [0.717, 1.165) is 38.5 Å². The van der Waals surface area contributed by atoms with Crippen molar-refractivity contribution in [3.8, 4) is 5.75 Å². The maximum Gasteiger partial charge on any atom is 0.408 e. The van der Waals surface area contributed by atoms with Crippen molar-refractivity contribution < 1.29 is 29.3 Å². The minimum absolute atomic E-state index is 0.0347. The Bertz CT molecular complexity index is 830. The fraction of sp³-hybridized carbons (Fsp3) is 0.654. The Morgan fingerprint density at radius 2 is 1.74 bits per heavy atom. The fourth-order valence-electron chi connectivity index (χ4n) is 4.19. The van der Waals surface area contributed by atoms with Gasteiger partial charge in [-0.25, -0.2) is 4.79 Å². The van der Waals surface area contributed by atoms with Gasteiger partial charge in [-0.2, -0.15) is 0 Å². The molecule has 196 valence electrons. The number of nitrogens with zero attached hydrogens (tertiary/aromatic N) is 1. The Labute approximate surface area is 208 Å². The number of hydrogen-bond acceptors (Lipinski definition) is 6. The summed E-state index contributed by atoms with van der Waals surface area (Å²) in [6, 6.07) is 3.95. The molecule has 0 spiro atoms. The van der Waals surface area contributed by atoms with E-state index in [4.69, 9.17) is 4.74 Å². The molecule has 4 N–H and O–H groups in total. The minimum Gasteiger partial charge on any atom is -0.508 e. The molecule has 1 aromatic carbocycles. The summed E-state index contributed by atoms with van der Waals surface area (Å²) in [6.45, 7) is 6.69. The van der Waals surface area contributed by atoms with Crippen molar-refractivity contribution in [3.63, 3.8) is 0 Å². The van der Waals surface area contributed by atoms with Gasteiger partial charge in [0, 0.05) is 12.6 Å². The van der Waals surface area contributed by atoms with E-state index in [2.05, 4.69) is 10.6 Å². The number of phenols is 1. The molecule has 1 aliphatic carbocycles. The van der Waals surface area contributed by atoms with Crippen LogP contribution in [0, 0.1) is 0 Å². The highest BCUT2D eigenvalue weighted by molar-refractivity contribution is 5.92. The molecule has 1 aromatic rings. The van der Waals surface area contributed by atoms with Gasteiger partial charge in [-0.1, -0.05) is 44.7 Å². The molecule has 2 unspecified atom stereocenters. The van der Waals surface area contributed by atoms with Crippen molar-refractivity contribution in [1.82, 2.24) is 15.5 Å². The highest BCUT2D eigenvalue weighted by Crippen LogP contribution is 2.26. The second kappa shape index (κ2) is 13.3. The number of benzene rings is 1. The molecule has 3 amide bonds. The quantitative estimate of drug-likeness (QED) is 0.397. The Kier molecular flexibility index (Phi) is 10.8. The van der Waals surface area contributed by atoms with Crippen LogP contribution in [0.25, 0.3) is 0 Å². The third-order valence-corrected chi connectivity index (χ3v) is 5.93. The lowest BCUT2D eigenvalue weighted by Crippen LogP contribution is -2.55. The van der Waals surface area contributed by atoms with Gasteiger partial charge in [0.25, 0.3) is 0 Å². The van der Waals surface area contributed by atoms with Gasteiger partial charge in [0.15, 0.2) is 0 Å². The molecule has 0 saturated heterocycles. The van der Waals surface area contributed by atoms with Crippen molar-refractivity contribution in [2.45, 2.75) is 96.4 Å². The molecular weight excluding hydrogens is 450 g/mol. The number of ether oxygens (including phenoxy) is 1. The van der Waals surface area contributed by atoms with Gasteiger partial charge in [0.1, 0.15) is 23.4 Å². The molecule has 9 heteroatoms. The van der Waals surface area contributed by atoms with Gasteiger partial charge in [-0.05, 0) is 57.7 Å². The molecule has 1 aliphatic rings. The van der Waals surface area contributed by atoms with E-state index >= 15 is 0 Å². The predicted octanol–water partition coefficient (Wildman–Crippen LogP) is 3.40. The van der Waals surface area contributed by atoms with Gasteiger partial charge in [0.2, 0.25) is 11.8 Å². The molecule has 0 aromatic heterocycles. The summed E-state index contributed by atoms with van der Waals surface area (Å²) in [7, 11) is 0. The number of aliphatic hydroxyl groups is 1. The van der Waals surface area contributed by atoms with Crippen molar-refractivity contribution in [2.24, 2.45) is 0 Å². The van der Waals surface area contributed by atoms with Gasteiger partial charge >= 0.3 is 6.09 Å². The third kappa shape index (κ3) is 9.05. The molecular formula is C26H41N3O6. The maximum atomic E-state index is 13.6. The summed E-state index contributed by atoms with van der Waals surface area (Å²) in [6.07, 6.45) is 5.57. The van der Waals surface area contributed by atoms with Crippen LogP contribution in [0.4, 0.5) is 4.79 Å². The van der Waals surface area contributed by atoms with Crippen LogP contribution in [0.1, 0.15) is 84.2 Å². The smallest absolute Gasteiger partial charge is 0.408 e. The van der Waals surface area contributed by atoms with Gasteiger partial charge < -0.3 is 30.5 Å². The Morgan fingerprint density at radius 3 is 2.29 bits per heavy atom. The summed E-state index contributed by atoms with van der Waals surface area (Å²) < 4.78 is 5.25. The topological polar surface area (TPSA) is 128 Å². The number of aromatic hydroxyl groups is 1. The van der Waals surface area contributed by atoms with E-state index in [0.29, 0.717) is 12.0 Å². The van der Waals surface area contributed by atoms with Crippen LogP contribution in [-0.2, 0) is 14.3 Å². The summed E-state index contributed by atoms with van der Waals surface area (Å²) in [5.74, 6) is -0.851. The zero-order chi connectivity index (χ0) is 26.0. The largest absolute Gasteiger partial charge is 0.508 e. The van der Waals surface area contributed by atoms with E-state index in [1.807, 2.05) is 6.92 Å². The first-order chi connectivity index (χ1) is 16.6. The number of rotatable bonds is 10. The molecule has 35 heavy (non-hydrogen) atoms. The van der Waals surface area contributed by atoms with Crippen molar-refractivity contribution in [3.05, 3.63) is 29.8 Å². The van der Waals surface area contributed by atoms with E-state index in [1.165, 1.54) is 17.0 Å². The summed E-state index contributed by atoms with van der Waals surface area (Å²) in [5, 5.41) is 25.3. The van der Waals surface area contributed by atoms with Crippen LogP contribution in [0.2, 0.25) is 0 Å². The number of unbranched alkanes of at least 4 members (excludes halogenated alkanes) is 1. The molecule has 2 rings (SSSR count). The van der Waals surface area contributed by atoms with E-state index in [1.54, 1.807) is 32.9 Å². The van der Waals surface area contributed by atoms with Crippen LogP contribution in [0.3, 0.4) is 0 Å². The van der Waals surface area contributed by atoms with Crippen LogP contribution >= 0.6 is 0 Å². The number of carbonyl (C=O) groups excluding carboxylic acids is 3. The van der Waals surface area contributed by atoms with Gasteiger partial charge in [-0.15, -0.1) is 0 Å². The molecule has 0 bridgehead atoms. The predicted molar refractivity (Wildman–Crippen MR) is 133 cm³/mol. The zero-order valence-corrected chi connectivity index (χ0v) is 21.4. The monoisotopic (exact) mass is 491 g/mol. The molecule has 0 heterocycles. The van der Waals surface area contributed by atoms with Crippen molar-refractivity contribution in [2.75, 3.05) is 13.2 Å². The number of aliphatic hydroxyl groups excluding tert-OH is 1. The van der Waals surface area contributed by atoms with Gasteiger partial charge in [-0.3, -0.25) is 9.59 Å². The lowest BCUT2D eigenvalue weighted by Gasteiger charge is -2.35. The number of hydrogen-bond donors (Lipinski definition) is 4. The SMILES string of the molecule is CCCCN(C(=O)C(CO)NC(=O)OC(C)(C)C)C(C(=O)NC1CCCCC1)c1ccc(O)cc1. The van der Waals surface area contributed by atoms with E-state index in [9.17, 15) is 24.6 Å². The first-order valence-corrected chi connectivity index (χ1v) is 12.6. The lowest BCUT2D eigenvalue weighted by molar-refractivity contribution is -0.143. The molecule has 9 nitrogen and oxygen atoms in total. The second-order valence-electron chi connectivity index (χ2n) is 10.1. The molecule has 1 fully saturated rings. The first-order valence-electron chi connectivity index (χ1n) is 12.6. The molecule has 0 aliphatic heterocycles. The fourth-order valence-corrected chi connectivity index (χ4v) is 4.19. The standard InChI is InChI=1S/C26H41N3O6/c1-5-6-16-29(24(33)21(17-30)28-25(34)35-26(2,3)4)22(18-12-14-20(31)15-13-18)23(32)27-19-10-8-7-9-11-19/h12-15,19,21-22,30-31H,5-11,16-17H2,1-4H3,(H,27,32)(H,28,34). The summed E-state index contributed by atoms with van der Waals surface area (Å²) in [5.41, 5.74) is -0.238. The molecule has 0 radical (unpaired) electrons. The summed E-state index contributed by atoms with van der Waals surface area (Å²) >= 11 is 0. The Balaban J connectivity index is 2.36. The van der Waals surface area contributed by atoms with E-state index in [-0.39, 0.29) is 24.2 Å². The average molecular weight is 492 g/mol. The zero-order valence-electron chi connectivity index (χ0n) is 21.4. The number of carbonyl (C=O) groups is 3. The van der Waals surface area contributed by atoms with Crippen LogP contribution in [0.15, 0.2) is 24.3 Å². The Hall–Kier alpha value is -2.81. The first kappa shape index (κ1) is 28.4. The van der Waals surface area contributed by atoms with Crippen LogP contribution in [0.5, 0.6) is 5.75 Å². The Morgan fingerprint density at radius 1 is 1.11 bits per heavy atom. The van der Waals surface area contributed by atoms with E-state index < -0.39 is 36.3 Å². The van der Waals surface area contributed by atoms with Crippen molar-refractivity contribution in [1.29, 1.82) is 0 Å². The second-order valence-corrected chi connectivity index (χ2v) is 10.1. The van der Waals surface area contributed by atoms with Crippen LogP contribution < -0.4 is 10.6 Å². The maximum absolute atomic E-state index is 13.6.